The van der Waals surface area contributed by atoms with E-state index in [1.165, 1.54) is 11.7 Å². The minimum absolute atomic E-state index is 0.247. The molecule has 0 bridgehead atoms. The first-order valence-electron chi connectivity index (χ1n) is 3.29. The lowest BCUT2D eigenvalue weighted by Crippen LogP contribution is -2.21. The Kier molecular flexibility index (Phi) is 2.18. The van der Waals surface area contributed by atoms with E-state index in [9.17, 15) is 4.79 Å². The van der Waals surface area contributed by atoms with Gasteiger partial charge < -0.3 is 5.32 Å². The van der Waals surface area contributed by atoms with Gasteiger partial charge in [-0.25, -0.2) is 9.67 Å². The fourth-order valence-electron chi connectivity index (χ4n) is 0.820. The maximum Gasteiger partial charge on any atom is 0.273 e. The van der Waals surface area contributed by atoms with Crippen LogP contribution < -0.4 is 5.32 Å². The summed E-state index contributed by atoms with van der Waals surface area (Å²) in [6.45, 7) is 3.28. The molecule has 0 spiro atoms. The van der Waals surface area contributed by atoms with E-state index in [1.807, 2.05) is 0 Å². The van der Waals surface area contributed by atoms with E-state index in [0.717, 1.165) is 0 Å². The van der Waals surface area contributed by atoms with Gasteiger partial charge >= 0.3 is 0 Å². The van der Waals surface area contributed by atoms with Crippen LogP contribution in [0.1, 0.15) is 10.5 Å². The first kappa shape index (κ1) is 8.38. The van der Waals surface area contributed by atoms with Gasteiger partial charge in [0.15, 0.2) is 5.69 Å². The van der Waals surface area contributed by atoms with E-state index in [2.05, 4.69) is 27.3 Å². The molecule has 0 aliphatic heterocycles. The number of aryl methyl sites for hydroxylation is 1. The van der Waals surface area contributed by atoms with E-state index in [0.29, 0.717) is 5.69 Å². The number of hydrogen-bond acceptors (Lipinski definition) is 4. The zero-order valence-corrected chi connectivity index (χ0v) is 6.90. The summed E-state index contributed by atoms with van der Waals surface area (Å²) < 4.78 is 1.35. The van der Waals surface area contributed by atoms with E-state index in [4.69, 9.17) is 0 Å². The van der Waals surface area contributed by atoms with Gasteiger partial charge in [0.2, 0.25) is 5.82 Å². The molecule has 0 fully saturated rings. The first-order valence-corrected chi connectivity index (χ1v) is 3.29. The summed E-state index contributed by atoms with van der Waals surface area (Å²) >= 11 is 0. The third-order valence-corrected chi connectivity index (χ3v) is 1.40. The molecule has 1 amide bonds. The molecule has 1 N–H and O–H groups in total. The summed E-state index contributed by atoms with van der Waals surface area (Å²) in [7, 11) is 3.15. The second-order valence-electron chi connectivity index (χ2n) is 2.12. The number of amides is 1. The molecule has 1 aromatic rings. The van der Waals surface area contributed by atoms with Gasteiger partial charge in [-0.15, -0.1) is 5.10 Å². The predicted octanol–water partition coefficient (Wildman–Crippen LogP) is -0.493. The molecule has 1 heterocycles. The zero-order valence-electron chi connectivity index (χ0n) is 6.90. The highest BCUT2D eigenvalue weighted by Gasteiger charge is 2.15. The van der Waals surface area contributed by atoms with Crippen LogP contribution in [0.3, 0.4) is 0 Å². The highest BCUT2D eigenvalue weighted by molar-refractivity contribution is 5.96. The van der Waals surface area contributed by atoms with E-state index in [1.54, 1.807) is 7.05 Å². The normalized spacial score (nSPS) is 9.50. The topological polar surface area (TPSA) is 72.2 Å². The molecule has 0 aliphatic rings. The Hall–Kier alpha value is -1.72. The average Bonchev–Trinajstić information content (AvgIpc) is 2.45. The number of rotatable bonds is 2. The predicted molar refractivity (Wildman–Crippen MR) is 43.6 cm³/mol. The molecule has 0 unspecified atom stereocenters. The zero-order chi connectivity index (χ0) is 9.14. The SMILES string of the molecule is C=Nc1nnn(C)c1C(=O)NC. The summed E-state index contributed by atoms with van der Waals surface area (Å²) in [5.74, 6) is -0.0262. The van der Waals surface area contributed by atoms with Crippen molar-refractivity contribution in [1.29, 1.82) is 0 Å². The molecular formula is C6H9N5O. The summed E-state index contributed by atoms with van der Waals surface area (Å²) in [6, 6.07) is 0. The summed E-state index contributed by atoms with van der Waals surface area (Å²) in [6.07, 6.45) is 0. The van der Waals surface area contributed by atoms with Crippen molar-refractivity contribution in [2.75, 3.05) is 7.05 Å². The van der Waals surface area contributed by atoms with Gasteiger partial charge in [-0.3, -0.25) is 4.79 Å². The number of aromatic nitrogens is 3. The molecule has 0 saturated carbocycles. The van der Waals surface area contributed by atoms with Crippen LogP contribution in [0.2, 0.25) is 0 Å². The molecule has 0 atom stereocenters. The maximum absolute atomic E-state index is 11.2. The van der Waals surface area contributed by atoms with Crippen LogP contribution in [0.5, 0.6) is 0 Å². The summed E-state index contributed by atoms with van der Waals surface area (Å²) in [4.78, 5) is 14.7. The molecule has 0 saturated heterocycles. The second-order valence-corrected chi connectivity index (χ2v) is 2.12. The number of nitrogens with zero attached hydrogens (tertiary/aromatic N) is 4. The standard InChI is InChI=1S/C6H9N5O/c1-7-5-4(6(12)8-2)11(3)10-9-5/h1H2,2-3H3,(H,8,12). The van der Waals surface area contributed by atoms with Gasteiger partial charge in [0, 0.05) is 14.1 Å². The van der Waals surface area contributed by atoms with Crippen LogP contribution in [0.15, 0.2) is 4.99 Å². The fraction of sp³-hybridized carbons (Fsp3) is 0.333. The first-order chi connectivity index (χ1) is 5.70. The number of hydrogen-bond donors (Lipinski definition) is 1. The third kappa shape index (κ3) is 1.18. The molecule has 12 heavy (non-hydrogen) atoms. The van der Waals surface area contributed by atoms with Gasteiger partial charge in [0.25, 0.3) is 5.91 Å². The van der Waals surface area contributed by atoms with Crippen LogP contribution in [-0.4, -0.2) is 34.7 Å². The van der Waals surface area contributed by atoms with Crippen molar-refractivity contribution in [2.24, 2.45) is 12.0 Å². The Balaban J connectivity index is 3.18. The molecule has 6 heteroatoms. The number of carbonyl (C=O) groups is 1. The van der Waals surface area contributed by atoms with Crippen LogP contribution in [0.4, 0.5) is 5.82 Å². The van der Waals surface area contributed by atoms with Gasteiger partial charge in [-0.2, -0.15) is 0 Å². The van der Waals surface area contributed by atoms with Crippen LogP contribution in [-0.2, 0) is 7.05 Å². The fourth-order valence-corrected chi connectivity index (χ4v) is 0.820. The van der Waals surface area contributed by atoms with E-state index >= 15 is 0 Å². The third-order valence-electron chi connectivity index (χ3n) is 1.40. The van der Waals surface area contributed by atoms with Crippen molar-refractivity contribution < 1.29 is 4.79 Å². The average molecular weight is 167 g/mol. The lowest BCUT2D eigenvalue weighted by Gasteiger charge is -1.98. The summed E-state index contributed by atoms with van der Waals surface area (Å²) in [5.41, 5.74) is 0.313. The molecule has 0 radical (unpaired) electrons. The lowest BCUT2D eigenvalue weighted by molar-refractivity contribution is 0.0954. The monoisotopic (exact) mass is 167 g/mol. The second kappa shape index (κ2) is 3.12. The Bertz CT molecular complexity index is 316. The molecule has 0 aromatic carbocycles. The van der Waals surface area contributed by atoms with Crippen LogP contribution >= 0.6 is 0 Å². The van der Waals surface area contributed by atoms with Crippen molar-refractivity contribution in [3.8, 4) is 0 Å². The highest BCUT2D eigenvalue weighted by atomic mass is 16.2. The van der Waals surface area contributed by atoms with Crippen molar-refractivity contribution in [3.05, 3.63) is 5.69 Å². The minimum atomic E-state index is -0.273. The Morgan fingerprint density at radius 1 is 1.75 bits per heavy atom. The van der Waals surface area contributed by atoms with Gasteiger partial charge in [0.05, 0.1) is 0 Å². The Labute approximate surface area is 69.3 Å². The molecule has 6 nitrogen and oxygen atoms in total. The van der Waals surface area contributed by atoms with Crippen LogP contribution in [0.25, 0.3) is 0 Å². The molecule has 64 valence electrons. The van der Waals surface area contributed by atoms with Gasteiger partial charge in [-0.05, 0) is 6.72 Å². The Morgan fingerprint density at radius 3 is 2.92 bits per heavy atom. The van der Waals surface area contributed by atoms with Crippen molar-refractivity contribution in [1.82, 2.24) is 20.3 Å². The quantitative estimate of drug-likeness (QED) is 0.604. The van der Waals surface area contributed by atoms with Gasteiger partial charge in [-0.1, -0.05) is 5.21 Å². The molecular weight excluding hydrogens is 158 g/mol. The molecule has 0 aliphatic carbocycles. The smallest absolute Gasteiger partial charge is 0.273 e. The molecule has 1 rings (SSSR count). The maximum atomic E-state index is 11.2. The minimum Gasteiger partial charge on any atom is -0.354 e. The van der Waals surface area contributed by atoms with Crippen molar-refractivity contribution in [3.63, 3.8) is 0 Å². The number of carbonyl (C=O) groups excluding carboxylic acids is 1. The van der Waals surface area contributed by atoms with E-state index in [-0.39, 0.29) is 11.7 Å². The van der Waals surface area contributed by atoms with Crippen LogP contribution in [0, 0.1) is 0 Å². The highest BCUT2D eigenvalue weighted by Crippen LogP contribution is 2.12. The largest absolute Gasteiger partial charge is 0.354 e. The van der Waals surface area contributed by atoms with Crippen molar-refractivity contribution >= 4 is 18.4 Å². The van der Waals surface area contributed by atoms with Crippen molar-refractivity contribution in [2.45, 2.75) is 0 Å². The number of nitrogens with one attached hydrogen (secondary N) is 1. The van der Waals surface area contributed by atoms with Gasteiger partial charge in [0.1, 0.15) is 0 Å². The number of aliphatic imine (C=N–C) groups is 1. The molecule has 1 aromatic heterocycles. The Morgan fingerprint density at radius 2 is 2.42 bits per heavy atom. The van der Waals surface area contributed by atoms with E-state index < -0.39 is 0 Å². The summed E-state index contributed by atoms with van der Waals surface area (Å²) in [5, 5.41) is 9.71. The lowest BCUT2D eigenvalue weighted by atomic mass is 10.4.